The van der Waals surface area contributed by atoms with Gasteiger partial charge in [-0.2, -0.15) is 0 Å². The first-order chi connectivity index (χ1) is 6.24. The minimum atomic E-state index is 0.251. The number of rotatable bonds is 3. The van der Waals surface area contributed by atoms with E-state index in [2.05, 4.69) is 4.98 Å². The molecule has 3 nitrogen and oxygen atoms in total. The molecule has 0 unspecified atom stereocenters. The van der Waals surface area contributed by atoms with Crippen molar-refractivity contribution in [2.75, 3.05) is 13.2 Å². The summed E-state index contributed by atoms with van der Waals surface area (Å²) in [6, 6.07) is 3.65. The monoisotopic (exact) mass is 199 g/mol. The molecule has 0 amide bonds. The van der Waals surface area contributed by atoms with Crippen LogP contribution in [0.2, 0.25) is 5.15 Å². The maximum Gasteiger partial charge on any atom is 0.214 e. The first-order valence-electron chi connectivity index (χ1n) is 4.12. The van der Waals surface area contributed by atoms with E-state index in [1.54, 1.807) is 6.07 Å². The van der Waals surface area contributed by atoms with Gasteiger partial charge in [-0.05, 0) is 18.6 Å². The van der Waals surface area contributed by atoms with E-state index in [9.17, 15) is 0 Å². The topological polar surface area (TPSA) is 34.6 Å². The lowest BCUT2D eigenvalue weighted by Gasteiger charge is -2.03. The lowest BCUT2D eigenvalue weighted by molar-refractivity contribution is 0.255. The third kappa shape index (κ3) is 2.57. The van der Waals surface area contributed by atoms with Crippen molar-refractivity contribution >= 4 is 11.6 Å². The van der Waals surface area contributed by atoms with Gasteiger partial charge >= 0.3 is 0 Å². The molecule has 70 valence electrons. The number of nitrogens with zero attached hydrogens (tertiary/aromatic N) is 1. The predicted molar refractivity (Wildman–Crippen MR) is 49.2 cm³/mol. The molecule has 0 N–H and O–H groups in total. The van der Waals surface area contributed by atoms with Gasteiger partial charge in [0.05, 0.1) is 6.61 Å². The Morgan fingerprint density at radius 1 is 1.69 bits per heavy atom. The van der Waals surface area contributed by atoms with Crippen molar-refractivity contribution in [3.63, 3.8) is 0 Å². The largest absolute Gasteiger partial charge is 0.475 e. The number of aromatic nitrogens is 1. The molecule has 13 heavy (non-hydrogen) atoms. The Hall–Kier alpha value is -0.800. The van der Waals surface area contributed by atoms with E-state index in [1.165, 1.54) is 0 Å². The molecule has 0 saturated carbocycles. The highest BCUT2D eigenvalue weighted by Crippen LogP contribution is 2.17. The van der Waals surface area contributed by atoms with Gasteiger partial charge in [0, 0.05) is 6.07 Å². The van der Waals surface area contributed by atoms with Gasteiger partial charge in [-0.3, -0.25) is 0 Å². The highest BCUT2D eigenvalue weighted by atomic mass is 35.5. The van der Waals surface area contributed by atoms with Crippen molar-refractivity contribution in [2.45, 2.75) is 13.0 Å². The van der Waals surface area contributed by atoms with Gasteiger partial charge in [0.2, 0.25) is 5.88 Å². The van der Waals surface area contributed by atoms with Crippen LogP contribution in [0.3, 0.4) is 0 Å². The van der Waals surface area contributed by atoms with Gasteiger partial charge in [-0.25, -0.2) is 4.98 Å². The van der Waals surface area contributed by atoms with Crippen LogP contribution < -0.4 is 4.74 Å². The number of ether oxygens (including phenoxy) is 2. The van der Waals surface area contributed by atoms with E-state index in [-0.39, 0.29) is 6.10 Å². The Morgan fingerprint density at radius 3 is 3.08 bits per heavy atom. The van der Waals surface area contributed by atoms with Crippen LogP contribution >= 0.6 is 11.6 Å². The molecule has 1 aromatic heterocycles. The fourth-order valence-corrected chi connectivity index (χ4v) is 1.27. The minimum absolute atomic E-state index is 0.251. The van der Waals surface area contributed by atoms with E-state index in [1.807, 2.05) is 13.0 Å². The van der Waals surface area contributed by atoms with Crippen molar-refractivity contribution in [1.29, 1.82) is 0 Å². The number of epoxide rings is 1. The first-order valence-corrected chi connectivity index (χ1v) is 4.50. The van der Waals surface area contributed by atoms with Gasteiger partial charge in [0.15, 0.2) is 0 Å². The smallest absolute Gasteiger partial charge is 0.214 e. The molecule has 1 fully saturated rings. The molecule has 0 aliphatic carbocycles. The van der Waals surface area contributed by atoms with Crippen molar-refractivity contribution in [3.8, 4) is 5.88 Å². The van der Waals surface area contributed by atoms with Crippen LogP contribution in [0.4, 0.5) is 0 Å². The summed E-state index contributed by atoms with van der Waals surface area (Å²) < 4.78 is 10.4. The quantitative estimate of drug-likeness (QED) is 0.550. The number of halogens is 1. The average molecular weight is 200 g/mol. The Kier molecular flexibility index (Phi) is 2.38. The van der Waals surface area contributed by atoms with Crippen molar-refractivity contribution in [2.24, 2.45) is 0 Å². The Labute approximate surface area is 81.6 Å². The summed E-state index contributed by atoms with van der Waals surface area (Å²) >= 11 is 5.76. The number of aryl methyl sites for hydroxylation is 1. The molecular weight excluding hydrogens is 190 g/mol. The SMILES string of the molecule is Cc1cc(Cl)nc(OC[C@@H]2CO2)c1. The summed E-state index contributed by atoms with van der Waals surface area (Å²) in [5.74, 6) is 0.570. The van der Waals surface area contributed by atoms with Crippen molar-refractivity contribution in [3.05, 3.63) is 22.8 Å². The molecule has 1 aliphatic rings. The molecule has 1 atom stereocenters. The summed E-state index contributed by atoms with van der Waals surface area (Å²) in [5, 5.41) is 0.465. The van der Waals surface area contributed by atoms with E-state index >= 15 is 0 Å². The second kappa shape index (κ2) is 3.52. The van der Waals surface area contributed by atoms with Crippen LogP contribution in [-0.2, 0) is 4.74 Å². The summed E-state index contributed by atoms with van der Waals surface area (Å²) in [7, 11) is 0. The molecule has 0 spiro atoms. The van der Waals surface area contributed by atoms with Crippen LogP contribution in [0.15, 0.2) is 12.1 Å². The van der Waals surface area contributed by atoms with Gasteiger partial charge in [-0.15, -0.1) is 0 Å². The molecule has 0 bridgehead atoms. The normalized spacial score (nSPS) is 20.0. The van der Waals surface area contributed by atoms with E-state index in [0.29, 0.717) is 17.6 Å². The van der Waals surface area contributed by atoms with E-state index < -0.39 is 0 Å². The Bertz CT molecular complexity index is 292. The maximum absolute atomic E-state index is 5.76. The van der Waals surface area contributed by atoms with Gasteiger partial charge in [0.25, 0.3) is 0 Å². The molecule has 1 saturated heterocycles. The third-order valence-electron chi connectivity index (χ3n) is 1.73. The summed E-state index contributed by atoms with van der Waals surface area (Å²) in [6.45, 7) is 3.31. The highest BCUT2D eigenvalue weighted by Gasteiger charge is 2.23. The number of pyridine rings is 1. The molecular formula is C9H10ClNO2. The zero-order chi connectivity index (χ0) is 9.26. The molecule has 0 radical (unpaired) electrons. The van der Waals surface area contributed by atoms with Gasteiger partial charge in [0.1, 0.15) is 17.9 Å². The zero-order valence-electron chi connectivity index (χ0n) is 7.29. The molecule has 2 heterocycles. The number of hydrogen-bond acceptors (Lipinski definition) is 3. The van der Waals surface area contributed by atoms with E-state index in [4.69, 9.17) is 21.1 Å². The second-order valence-corrected chi connectivity index (χ2v) is 3.46. The van der Waals surface area contributed by atoms with Gasteiger partial charge in [-0.1, -0.05) is 11.6 Å². The lowest BCUT2D eigenvalue weighted by atomic mass is 10.3. The second-order valence-electron chi connectivity index (χ2n) is 3.07. The summed E-state index contributed by atoms with van der Waals surface area (Å²) in [6.07, 6.45) is 0.251. The third-order valence-corrected chi connectivity index (χ3v) is 1.93. The van der Waals surface area contributed by atoms with Crippen LogP contribution in [0.1, 0.15) is 5.56 Å². The minimum Gasteiger partial charge on any atom is -0.475 e. The predicted octanol–water partition coefficient (Wildman–Crippen LogP) is 1.82. The Morgan fingerprint density at radius 2 is 2.46 bits per heavy atom. The fourth-order valence-electron chi connectivity index (χ4n) is 1.01. The lowest BCUT2D eigenvalue weighted by Crippen LogP contribution is -2.05. The van der Waals surface area contributed by atoms with Crippen molar-refractivity contribution < 1.29 is 9.47 Å². The van der Waals surface area contributed by atoms with Crippen LogP contribution in [0.5, 0.6) is 5.88 Å². The van der Waals surface area contributed by atoms with Crippen LogP contribution in [0.25, 0.3) is 0 Å². The first kappa shape index (κ1) is 8.78. The standard InChI is InChI=1S/C9H10ClNO2/c1-6-2-8(10)11-9(3-6)13-5-7-4-12-7/h2-3,7H,4-5H2,1H3/t7-/m0/s1. The summed E-state index contributed by atoms with van der Waals surface area (Å²) in [5.41, 5.74) is 1.05. The zero-order valence-corrected chi connectivity index (χ0v) is 8.04. The van der Waals surface area contributed by atoms with Gasteiger partial charge < -0.3 is 9.47 Å². The van der Waals surface area contributed by atoms with E-state index in [0.717, 1.165) is 12.2 Å². The molecule has 1 aliphatic heterocycles. The molecule has 2 rings (SSSR count). The van der Waals surface area contributed by atoms with Crippen LogP contribution in [-0.4, -0.2) is 24.3 Å². The molecule has 1 aromatic rings. The highest BCUT2D eigenvalue weighted by molar-refractivity contribution is 6.29. The molecule has 4 heteroatoms. The van der Waals surface area contributed by atoms with Crippen molar-refractivity contribution in [1.82, 2.24) is 4.98 Å². The Balaban J connectivity index is 2.01. The molecule has 0 aromatic carbocycles. The average Bonchev–Trinajstić information content (AvgIpc) is 2.81. The maximum atomic E-state index is 5.76. The summed E-state index contributed by atoms with van der Waals surface area (Å²) in [4.78, 5) is 4.02. The fraction of sp³-hybridized carbons (Fsp3) is 0.444. The van der Waals surface area contributed by atoms with Crippen LogP contribution in [0, 0.1) is 6.92 Å². The number of hydrogen-bond donors (Lipinski definition) is 0.